The molecule has 1 saturated heterocycles. The Morgan fingerprint density at radius 2 is 1.40 bits per heavy atom. The van der Waals surface area contributed by atoms with Gasteiger partial charge in [-0.2, -0.15) is 0 Å². The van der Waals surface area contributed by atoms with Crippen LogP contribution in [-0.4, -0.2) is 73.4 Å². The predicted octanol–water partition coefficient (Wildman–Crippen LogP) is 7.85. The van der Waals surface area contributed by atoms with Crippen LogP contribution in [0.15, 0.2) is 25.0 Å². The van der Waals surface area contributed by atoms with Crippen molar-refractivity contribution in [2.45, 2.75) is 173 Å². The van der Waals surface area contributed by atoms with Crippen LogP contribution in [0.5, 0.6) is 0 Å². The predicted molar refractivity (Wildman–Crippen MR) is 184 cm³/mol. The molecule has 1 amide bonds. The molecule has 0 unspecified atom stereocenters. The number of allylic oxidation sites excluding steroid dienone is 1. The molecule has 1 heterocycles. The average molecular weight is 668 g/mol. The molecule has 0 spiro atoms. The van der Waals surface area contributed by atoms with Crippen molar-refractivity contribution in [1.29, 1.82) is 0 Å². The van der Waals surface area contributed by atoms with Gasteiger partial charge in [-0.05, 0) is 19.8 Å². The summed E-state index contributed by atoms with van der Waals surface area (Å²) in [5.74, 6) is -0.636. The summed E-state index contributed by atoms with van der Waals surface area (Å²) in [4.78, 5) is 38.4. The van der Waals surface area contributed by atoms with Gasteiger partial charge >= 0.3 is 6.16 Å². The van der Waals surface area contributed by atoms with E-state index >= 15 is 0 Å². The van der Waals surface area contributed by atoms with Gasteiger partial charge in [-0.25, -0.2) is 4.79 Å². The molecule has 272 valence electrons. The summed E-state index contributed by atoms with van der Waals surface area (Å²) >= 11 is 0. The van der Waals surface area contributed by atoms with E-state index in [1.165, 1.54) is 76.5 Å². The summed E-state index contributed by atoms with van der Waals surface area (Å²) in [6.45, 7) is 9.50. The molecule has 1 aliphatic heterocycles. The normalized spacial score (nSPS) is 21.0. The fourth-order valence-electron chi connectivity index (χ4n) is 5.68. The van der Waals surface area contributed by atoms with E-state index in [1.54, 1.807) is 13.0 Å². The standard InChI is InChI=1S/C37H65NO9/c1-5-9-11-13-15-17-18-20-22-24-30(40)28-32(41)38-33-35(43-27-23-21-19-16-14-12-10-6-2)34(47-37(42)45-26-8-4)31(29-39)46-36(33)44-25-7-3/h7-8,25,31,33-36,39H,4-6,9-24,26-29H2,1-3H3,(H,38,41)/t31-,33+,34-,35-,36+/m1/s1. The minimum Gasteiger partial charge on any atom is -0.471 e. The van der Waals surface area contributed by atoms with Crippen LogP contribution < -0.4 is 5.32 Å². The highest BCUT2D eigenvalue weighted by atomic mass is 16.8. The number of hydrogen-bond acceptors (Lipinski definition) is 9. The van der Waals surface area contributed by atoms with Crippen molar-refractivity contribution in [3.8, 4) is 0 Å². The topological polar surface area (TPSA) is 130 Å². The maximum atomic E-state index is 13.2. The molecule has 0 aromatic heterocycles. The molecule has 1 fully saturated rings. The quantitative estimate of drug-likeness (QED) is 0.0269. The average Bonchev–Trinajstić information content (AvgIpc) is 3.06. The minimum atomic E-state index is -1.11. The first-order valence-electron chi connectivity index (χ1n) is 18.3. The SMILES string of the molecule is C=CCOC(=O)O[C@H]1[C@H](OCCCCCCCCCC)[C@H](NC(=O)CC(=O)CCCCCCCCCCC)[C@@H](OC=CC)O[C@@H]1CO. The Kier molecular flexibility index (Phi) is 25.9. The van der Waals surface area contributed by atoms with Gasteiger partial charge in [0.05, 0.1) is 19.3 Å². The monoisotopic (exact) mass is 667 g/mol. The smallest absolute Gasteiger partial charge is 0.471 e. The third-order valence-electron chi connectivity index (χ3n) is 8.28. The number of nitrogens with one attached hydrogen (secondary N) is 1. The summed E-state index contributed by atoms with van der Waals surface area (Å²) < 4.78 is 28.7. The summed E-state index contributed by atoms with van der Waals surface area (Å²) in [5.41, 5.74) is 0. The number of unbranched alkanes of at least 4 members (excludes halogenated alkanes) is 15. The number of ketones is 1. The van der Waals surface area contributed by atoms with Crippen molar-refractivity contribution in [3.05, 3.63) is 25.0 Å². The summed E-state index contributed by atoms with van der Waals surface area (Å²) in [6.07, 6.45) is 18.6. The molecule has 0 radical (unpaired) electrons. The molecular formula is C37H65NO9. The third kappa shape index (κ3) is 19.9. The van der Waals surface area contributed by atoms with E-state index in [1.807, 2.05) is 0 Å². The van der Waals surface area contributed by atoms with Crippen LogP contribution in [0.25, 0.3) is 0 Å². The Labute approximate surface area is 284 Å². The Morgan fingerprint density at radius 3 is 1.96 bits per heavy atom. The summed E-state index contributed by atoms with van der Waals surface area (Å²) in [5, 5.41) is 13.0. The van der Waals surface area contributed by atoms with Crippen molar-refractivity contribution in [1.82, 2.24) is 5.32 Å². The van der Waals surface area contributed by atoms with Gasteiger partial charge in [-0.3, -0.25) is 9.59 Å². The highest BCUT2D eigenvalue weighted by Gasteiger charge is 2.50. The Hall–Kier alpha value is -2.43. The van der Waals surface area contributed by atoms with Crippen LogP contribution in [0, 0.1) is 0 Å². The van der Waals surface area contributed by atoms with E-state index in [2.05, 4.69) is 25.7 Å². The first kappa shape index (κ1) is 42.6. The van der Waals surface area contributed by atoms with Crippen LogP contribution in [0.2, 0.25) is 0 Å². The van der Waals surface area contributed by atoms with Gasteiger partial charge in [-0.15, -0.1) is 0 Å². The summed E-state index contributed by atoms with van der Waals surface area (Å²) in [6, 6.07) is -0.937. The highest BCUT2D eigenvalue weighted by molar-refractivity contribution is 5.98. The van der Waals surface area contributed by atoms with Gasteiger partial charge in [0.2, 0.25) is 12.2 Å². The fraction of sp³-hybridized carbons (Fsp3) is 0.811. The molecule has 0 aromatic rings. The maximum absolute atomic E-state index is 13.2. The summed E-state index contributed by atoms with van der Waals surface area (Å²) in [7, 11) is 0. The molecule has 5 atom stereocenters. The molecule has 0 bridgehead atoms. The molecule has 1 rings (SSSR count). The third-order valence-corrected chi connectivity index (χ3v) is 8.28. The number of aliphatic hydroxyl groups is 1. The van der Waals surface area contributed by atoms with Crippen LogP contribution in [0.4, 0.5) is 4.79 Å². The largest absolute Gasteiger partial charge is 0.509 e. The van der Waals surface area contributed by atoms with Gasteiger partial charge < -0.3 is 34.1 Å². The molecular weight excluding hydrogens is 602 g/mol. The van der Waals surface area contributed by atoms with Gasteiger partial charge in [0.25, 0.3) is 0 Å². The number of rotatable bonds is 29. The number of hydrogen-bond donors (Lipinski definition) is 2. The second-order valence-corrected chi connectivity index (χ2v) is 12.5. The molecule has 2 N–H and O–H groups in total. The second kappa shape index (κ2) is 28.6. The number of aliphatic hydroxyl groups excluding tert-OH is 1. The Balaban J connectivity index is 2.88. The molecule has 10 heteroatoms. The lowest BCUT2D eigenvalue weighted by molar-refractivity contribution is -0.265. The number of Topliss-reactive ketones (excluding diaryl/α,β-unsaturated/α-hetero) is 1. The molecule has 0 aromatic carbocycles. The van der Waals surface area contributed by atoms with E-state index in [0.717, 1.165) is 44.9 Å². The first-order valence-corrected chi connectivity index (χ1v) is 18.3. The lowest BCUT2D eigenvalue weighted by Crippen LogP contribution is -2.66. The first-order chi connectivity index (χ1) is 22.9. The number of ether oxygens (including phenoxy) is 5. The molecule has 1 aliphatic rings. The van der Waals surface area contributed by atoms with Crippen molar-refractivity contribution in [3.63, 3.8) is 0 Å². The molecule has 0 saturated carbocycles. The zero-order valence-electron chi connectivity index (χ0n) is 29.6. The zero-order chi connectivity index (χ0) is 34.5. The van der Waals surface area contributed by atoms with Crippen LogP contribution in [-0.2, 0) is 33.3 Å². The van der Waals surface area contributed by atoms with Crippen LogP contribution in [0.3, 0.4) is 0 Å². The second-order valence-electron chi connectivity index (χ2n) is 12.5. The Morgan fingerprint density at radius 1 is 0.830 bits per heavy atom. The van der Waals surface area contributed by atoms with Crippen LogP contribution >= 0.6 is 0 Å². The van der Waals surface area contributed by atoms with Crippen molar-refractivity contribution < 1.29 is 43.2 Å². The Bertz CT molecular complexity index is 865. The number of amides is 1. The molecule has 47 heavy (non-hydrogen) atoms. The van der Waals surface area contributed by atoms with Gasteiger partial charge in [0.1, 0.15) is 30.6 Å². The highest BCUT2D eigenvalue weighted by Crippen LogP contribution is 2.28. The van der Waals surface area contributed by atoms with Gasteiger partial charge in [0.15, 0.2) is 6.10 Å². The van der Waals surface area contributed by atoms with Gasteiger partial charge in [0, 0.05) is 13.0 Å². The molecule has 10 nitrogen and oxygen atoms in total. The van der Waals surface area contributed by atoms with Crippen LogP contribution in [0.1, 0.15) is 143 Å². The van der Waals surface area contributed by atoms with E-state index in [4.69, 9.17) is 23.7 Å². The van der Waals surface area contributed by atoms with Crippen molar-refractivity contribution in [2.75, 3.05) is 19.8 Å². The molecule has 0 aliphatic carbocycles. The van der Waals surface area contributed by atoms with E-state index < -0.39 is 49.3 Å². The minimum absolute atomic E-state index is 0.0613. The van der Waals surface area contributed by atoms with Crippen molar-refractivity contribution in [2.24, 2.45) is 0 Å². The fourth-order valence-corrected chi connectivity index (χ4v) is 5.68. The lowest BCUT2D eigenvalue weighted by atomic mass is 9.95. The maximum Gasteiger partial charge on any atom is 0.509 e. The van der Waals surface area contributed by atoms with E-state index in [-0.39, 0.29) is 18.8 Å². The lowest BCUT2D eigenvalue weighted by Gasteiger charge is -2.44. The number of carbonyl (C=O) groups is 3. The zero-order valence-corrected chi connectivity index (χ0v) is 29.6. The van der Waals surface area contributed by atoms with E-state index in [0.29, 0.717) is 13.0 Å². The van der Waals surface area contributed by atoms with Gasteiger partial charge in [-0.1, -0.05) is 129 Å². The number of carbonyl (C=O) groups excluding carboxylic acids is 3. The van der Waals surface area contributed by atoms with Crippen molar-refractivity contribution >= 4 is 17.8 Å². The van der Waals surface area contributed by atoms with E-state index in [9.17, 15) is 19.5 Å².